The quantitative estimate of drug-likeness (QED) is 0.751. The Balaban J connectivity index is 1.47. The molecule has 0 amide bonds. The molecule has 0 N–H and O–H groups in total. The number of halogens is 2. The molecule has 3 rings (SSSR count). The van der Waals surface area contributed by atoms with Crippen molar-refractivity contribution >= 4 is 0 Å². The van der Waals surface area contributed by atoms with E-state index in [2.05, 4.69) is 48.2 Å². The highest BCUT2D eigenvalue weighted by Crippen LogP contribution is 2.24. The van der Waals surface area contributed by atoms with Gasteiger partial charge in [0, 0.05) is 24.7 Å². The highest BCUT2D eigenvalue weighted by Gasteiger charge is 2.20. The van der Waals surface area contributed by atoms with Crippen molar-refractivity contribution in [2.75, 3.05) is 27.2 Å². The molecule has 26 heavy (non-hydrogen) atoms. The van der Waals surface area contributed by atoms with E-state index in [1.807, 2.05) is 0 Å². The molecule has 2 aromatic carbocycles. The Morgan fingerprint density at radius 3 is 2.23 bits per heavy atom. The van der Waals surface area contributed by atoms with Crippen LogP contribution in [0.3, 0.4) is 0 Å². The van der Waals surface area contributed by atoms with Gasteiger partial charge in [0.1, 0.15) is 11.6 Å². The maximum atomic E-state index is 13.8. The van der Waals surface area contributed by atoms with E-state index in [9.17, 15) is 8.78 Å². The van der Waals surface area contributed by atoms with Crippen molar-refractivity contribution in [3.8, 4) is 0 Å². The van der Waals surface area contributed by atoms with Gasteiger partial charge in [0.15, 0.2) is 0 Å². The summed E-state index contributed by atoms with van der Waals surface area (Å²) in [4.78, 5) is 4.45. The second kappa shape index (κ2) is 8.74. The van der Waals surface area contributed by atoms with Gasteiger partial charge in [0.25, 0.3) is 0 Å². The van der Waals surface area contributed by atoms with Crippen molar-refractivity contribution in [3.05, 3.63) is 70.8 Å². The van der Waals surface area contributed by atoms with Gasteiger partial charge in [0.05, 0.1) is 0 Å². The Bertz CT molecular complexity index is 705. The molecular weight excluding hydrogens is 330 g/mol. The first-order valence-electron chi connectivity index (χ1n) is 9.38. The van der Waals surface area contributed by atoms with E-state index in [1.54, 1.807) is 6.07 Å². The lowest BCUT2D eigenvalue weighted by Crippen LogP contribution is -2.34. The molecule has 1 saturated heterocycles. The Labute approximate surface area is 155 Å². The van der Waals surface area contributed by atoms with Crippen LogP contribution in [-0.2, 0) is 19.5 Å². The minimum absolute atomic E-state index is 0.440. The SMILES string of the molecule is CN(C)Cc1ccc(CC2CCN(Cc3ccc(F)cc3F)CC2)cc1. The molecule has 1 aliphatic rings. The van der Waals surface area contributed by atoms with Crippen molar-refractivity contribution in [3.63, 3.8) is 0 Å². The van der Waals surface area contributed by atoms with Crippen LogP contribution in [0.25, 0.3) is 0 Å². The first kappa shape index (κ1) is 19.0. The monoisotopic (exact) mass is 358 g/mol. The van der Waals surface area contributed by atoms with Crippen LogP contribution in [0.5, 0.6) is 0 Å². The average Bonchev–Trinajstić information content (AvgIpc) is 2.60. The second-order valence-electron chi connectivity index (χ2n) is 7.71. The van der Waals surface area contributed by atoms with E-state index >= 15 is 0 Å². The number of hydrogen-bond acceptors (Lipinski definition) is 2. The normalized spacial score (nSPS) is 16.3. The zero-order valence-corrected chi connectivity index (χ0v) is 15.7. The zero-order valence-electron chi connectivity index (χ0n) is 15.7. The predicted octanol–water partition coefficient (Wildman–Crippen LogP) is 4.48. The summed E-state index contributed by atoms with van der Waals surface area (Å²) in [6.45, 7) is 3.48. The van der Waals surface area contributed by atoms with Gasteiger partial charge >= 0.3 is 0 Å². The average molecular weight is 358 g/mol. The number of benzene rings is 2. The van der Waals surface area contributed by atoms with Crippen molar-refractivity contribution in [2.24, 2.45) is 5.92 Å². The van der Waals surface area contributed by atoms with E-state index in [0.717, 1.165) is 45.0 Å². The van der Waals surface area contributed by atoms with Gasteiger partial charge in [-0.05, 0) is 69.6 Å². The molecule has 1 aliphatic heterocycles. The fourth-order valence-electron chi connectivity index (χ4n) is 3.72. The van der Waals surface area contributed by atoms with Crippen LogP contribution in [0, 0.1) is 17.6 Å². The molecular formula is C22H28F2N2. The van der Waals surface area contributed by atoms with Gasteiger partial charge in [-0.3, -0.25) is 4.90 Å². The second-order valence-corrected chi connectivity index (χ2v) is 7.71. The minimum atomic E-state index is -0.512. The summed E-state index contributed by atoms with van der Waals surface area (Å²) in [6.07, 6.45) is 3.37. The fraction of sp³-hybridized carbons (Fsp3) is 0.455. The zero-order chi connectivity index (χ0) is 18.5. The summed E-state index contributed by atoms with van der Waals surface area (Å²) in [5.74, 6) is -0.268. The third kappa shape index (κ3) is 5.36. The van der Waals surface area contributed by atoms with Gasteiger partial charge < -0.3 is 4.90 Å². The summed E-state index contributed by atoms with van der Waals surface area (Å²) in [5, 5.41) is 0. The molecule has 0 bridgehead atoms. The van der Waals surface area contributed by atoms with Crippen LogP contribution in [0.4, 0.5) is 8.78 Å². The smallest absolute Gasteiger partial charge is 0.130 e. The van der Waals surface area contributed by atoms with Crippen LogP contribution in [0.2, 0.25) is 0 Å². The summed E-state index contributed by atoms with van der Waals surface area (Å²) in [6, 6.07) is 12.8. The molecule has 0 saturated carbocycles. The molecule has 4 heteroatoms. The minimum Gasteiger partial charge on any atom is -0.305 e. The summed E-state index contributed by atoms with van der Waals surface area (Å²) >= 11 is 0. The lowest BCUT2D eigenvalue weighted by atomic mass is 9.89. The maximum absolute atomic E-state index is 13.8. The fourth-order valence-corrected chi connectivity index (χ4v) is 3.72. The van der Waals surface area contributed by atoms with Crippen LogP contribution in [-0.4, -0.2) is 37.0 Å². The van der Waals surface area contributed by atoms with Crippen LogP contribution >= 0.6 is 0 Å². The van der Waals surface area contributed by atoms with Crippen molar-refractivity contribution < 1.29 is 8.78 Å². The molecule has 2 nitrogen and oxygen atoms in total. The topological polar surface area (TPSA) is 6.48 Å². The van der Waals surface area contributed by atoms with Gasteiger partial charge in [-0.25, -0.2) is 8.78 Å². The summed E-state index contributed by atoms with van der Waals surface area (Å²) in [7, 11) is 4.17. The van der Waals surface area contributed by atoms with E-state index in [4.69, 9.17) is 0 Å². The number of likely N-dealkylation sites (tertiary alicyclic amines) is 1. The molecule has 0 aliphatic carbocycles. The van der Waals surface area contributed by atoms with Crippen molar-refractivity contribution in [2.45, 2.75) is 32.4 Å². The third-order valence-corrected chi connectivity index (χ3v) is 5.16. The first-order chi connectivity index (χ1) is 12.5. The highest BCUT2D eigenvalue weighted by atomic mass is 19.1. The first-order valence-corrected chi connectivity index (χ1v) is 9.38. The molecule has 0 atom stereocenters. The lowest BCUT2D eigenvalue weighted by molar-refractivity contribution is 0.175. The predicted molar refractivity (Wildman–Crippen MR) is 102 cm³/mol. The number of piperidine rings is 1. The van der Waals surface area contributed by atoms with Gasteiger partial charge in [-0.2, -0.15) is 0 Å². The number of rotatable bonds is 6. The molecule has 0 aromatic heterocycles. The third-order valence-electron chi connectivity index (χ3n) is 5.16. The Morgan fingerprint density at radius 1 is 0.962 bits per heavy atom. The summed E-state index contributed by atoms with van der Waals surface area (Å²) in [5.41, 5.74) is 3.33. The number of nitrogens with zero attached hydrogens (tertiary/aromatic N) is 2. The lowest BCUT2D eigenvalue weighted by Gasteiger charge is -2.32. The largest absolute Gasteiger partial charge is 0.305 e. The van der Waals surface area contributed by atoms with E-state index in [-0.39, 0.29) is 0 Å². The van der Waals surface area contributed by atoms with Crippen LogP contribution in [0.15, 0.2) is 42.5 Å². The van der Waals surface area contributed by atoms with Gasteiger partial charge in [-0.15, -0.1) is 0 Å². The van der Waals surface area contributed by atoms with Gasteiger partial charge in [0.2, 0.25) is 0 Å². The van der Waals surface area contributed by atoms with Crippen LogP contribution in [0.1, 0.15) is 29.5 Å². The molecule has 140 valence electrons. The van der Waals surface area contributed by atoms with E-state index < -0.39 is 11.6 Å². The Kier molecular flexibility index (Phi) is 6.38. The van der Waals surface area contributed by atoms with Crippen molar-refractivity contribution in [1.29, 1.82) is 0 Å². The molecule has 0 unspecified atom stereocenters. The van der Waals surface area contributed by atoms with E-state index in [1.165, 1.54) is 17.2 Å². The maximum Gasteiger partial charge on any atom is 0.130 e. The standard InChI is InChI=1S/C22H28F2N2/c1-25(2)15-19-5-3-17(4-6-19)13-18-9-11-26(12-10-18)16-20-7-8-21(23)14-22(20)24/h3-8,14,18H,9-13,15-16H2,1-2H3. The Hall–Kier alpha value is -1.78. The van der Waals surface area contributed by atoms with Crippen molar-refractivity contribution in [1.82, 2.24) is 9.80 Å². The van der Waals surface area contributed by atoms with Gasteiger partial charge in [-0.1, -0.05) is 30.3 Å². The summed E-state index contributed by atoms with van der Waals surface area (Å²) < 4.78 is 26.8. The Morgan fingerprint density at radius 2 is 1.62 bits per heavy atom. The molecule has 2 aromatic rings. The number of hydrogen-bond donors (Lipinski definition) is 0. The molecule has 1 fully saturated rings. The van der Waals surface area contributed by atoms with Crippen LogP contribution < -0.4 is 0 Å². The molecule has 0 radical (unpaired) electrons. The van der Waals surface area contributed by atoms with E-state index in [0.29, 0.717) is 18.0 Å². The molecule has 1 heterocycles. The molecule has 0 spiro atoms. The highest BCUT2D eigenvalue weighted by molar-refractivity contribution is 5.23.